The van der Waals surface area contributed by atoms with Gasteiger partial charge in [0.05, 0.1) is 0 Å². The summed E-state index contributed by atoms with van der Waals surface area (Å²) >= 11 is 0. The Labute approximate surface area is 40.8 Å². The summed E-state index contributed by atoms with van der Waals surface area (Å²) in [7, 11) is 5.31. The summed E-state index contributed by atoms with van der Waals surface area (Å²) in [5.41, 5.74) is 0. The Bertz CT molecular complexity index is 26.7. The second-order valence-corrected chi connectivity index (χ2v) is 1.22. The van der Waals surface area contributed by atoms with Gasteiger partial charge in [-0.1, -0.05) is 13.8 Å². The molecule has 0 unspecified atom stereocenters. The van der Waals surface area contributed by atoms with Crippen LogP contribution in [0.25, 0.3) is 0 Å². The lowest BCUT2D eigenvalue weighted by Crippen LogP contribution is -2.17. The highest BCUT2D eigenvalue weighted by molar-refractivity contribution is 6.04. The third-order valence-corrected chi connectivity index (χ3v) is 0.812. The molecule has 0 aromatic rings. The molecule has 1 nitrogen and oxygen atoms in total. The van der Waals surface area contributed by atoms with Crippen molar-refractivity contribution in [3.8, 4) is 0 Å². The molecule has 0 aliphatic carbocycles. The van der Waals surface area contributed by atoms with Gasteiger partial charge >= 0.3 is 0 Å². The number of hydrogen-bond donors (Lipinski definition) is 0. The fourth-order valence-electron chi connectivity index (χ4n) is 0.224. The van der Waals surface area contributed by atoms with Crippen LogP contribution in [0.3, 0.4) is 0 Å². The van der Waals surface area contributed by atoms with Crippen molar-refractivity contribution >= 4 is 7.98 Å². The maximum absolute atomic E-state index is 5.31. The molecule has 0 heterocycles. The van der Waals surface area contributed by atoms with Gasteiger partial charge in [0.15, 0.2) is 0 Å². The molecule has 0 fully saturated rings. The molecule has 0 atom stereocenters. The summed E-state index contributed by atoms with van der Waals surface area (Å²) in [6.07, 6.45) is 0. The molecular weight excluding hydrogens is 72.9 g/mol. The Morgan fingerprint density at radius 1 is 1.33 bits per heavy atom. The molecule has 0 N–H and O–H groups in total. The third kappa shape index (κ3) is 2.27. The standard InChI is InChI=1S/C4H10BN/c1-3-6(5)4-2/h3-4H2,1-2H3/q-1. The molecule has 0 spiro atoms. The molecule has 0 aliphatic heterocycles. The summed E-state index contributed by atoms with van der Waals surface area (Å²) in [5.74, 6) is 0. The van der Waals surface area contributed by atoms with Crippen LogP contribution in [0, 0.1) is 0 Å². The fourth-order valence-corrected chi connectivity index (χ4v) is 0.224. The highest BCUT2D eigenvalue weighted by atomic mass is 15.0. The van der Waals surface area contributed by atoms with E-state index in [1.807, 2.05) is 13.8 Å². The molecule has 0 aliphatic rings. The second kappa shape index (κ2) is 3.22. The van der Waals surface area contributed by atoms with Gasteiger partial charge in [-0.2, -0.15) is 0 Å². The first kappa shape index (κ1) is 6.02. The van der Waals surface area contributed by atoms with Crippen LogP contribution in [0.1, 0.15) is 13.8 Å². The molecule has 0 saturated carbocycles. The average molecular weight is 82.9 g/mol. The second-order valence-electron chi connectivity index (χ2n) is 1.22. The molecule has 0 bridgehead atoms. The Balaban J connectivity index is 2.75. The van der Waals surface area contributed by atoms with Crippen molar-refractivity contribution < 1.29 is 0 Å². The Hall–Kier alpha value is 0.0249. The topological polar surface area (TPSA) is 3.24 Å². The largest absolute Gasteiger partial charge is 0.581 e. The first-order chi connectivity index (χ1) is 2.81. The number of rotatable bonds is 2. The highest BCUT2D eigenvalue weighted by Crippen LogP contribution is 1.72. The van der Waals surface area contributed by atoms with Gasteiger partial charge in [0.2, 0.25) is 0 Å². The van der Waals surface area contributed by atoms with Crippen molar-refractivity contribution in [3.05, 3.63) is 0 Å². The maximum atomic E-state index is 5.31. The summed E-state index contributed by atoms with van der Waals surface area (Å²) in [6, 6.07) is 0. The molecular formula is C4H10BN-. The lowest BCUT2D eigenvalue weighted by molar-refractivity contribution is 0.505. The Morgan fingerprint density at radius 3 is 1.67 bits per heavy atom. The van der Waals surface area contributed by atoms with E-state index in [9.17, 15) is 0 Å². The zero-order chi connectivity index (χ0) is 4.99. The van der Waals surface area contributed by atoms with Crippen molar-refractivity contribution in [2.75, 3.05) is 13.1 Å². The van der Waals surface area contributed by atoms with E-state index in [1.54, 1.807) is 4.81 Å². The minimum Gasteiger partial charge on any atom is -0.581 e. The van der Waals surface area contributed by atoms with Gasteiger partial charge in [-0.15, -0.1) is 0 Å². The van der Waals surface area contributed by atoms with Gasteiger partial charge < -0.3 is 12.8 Å². The molecule has 0 aromatic carbocycles. The van der Waals surface area contributed by atoms with E-state index < -0.39 is 0 Å². The van der Waals surface area contributed by atoms with Gasteiger partial charge in [0.25, 0.3) is 0 Å². The van der Waals surface area contributed by atoms with E-state index in [0.717, 1.165) is 13.1 Å². The SMILES string of the molecule is [B-]N(CC)CC. The normalized spacial score (nSPS) is 10.0. The minimum absolute atomic E-state index is 0.941. The minimum atomic E-state index is 0.941. The van der Waals surface area contributed by atoms with Crippen molar-refractivity contribution in [2.45, 2.75) is 13.8 Å². The predicted octanol–water partition coefficient (Wildman–Crippen LogP) is 0.412. The molecule has 0 aromatic heterocycles. The molecule has 0 amide bonds. The Morgan fingerprint density at radius 2 is 1.67 bits per heavy atom. The van der Waals surface area contributed by atoms with E-state index >= 15 is 0 Å². The monoisotopic (exact) mass is 83.1 g/mol. The first-order valence-corrected chi connectivity index (χ1v) is 2.30. The van der Waals surface area contributed by atoms with Crippen LogP contribution in [-0.2, 0) is 0 Å². The van der Waals surface area contributed by atoms with Gasteiger partial charge in [0.1, 0.15) is 0 Å². The quantitative estimate of drug-likeness (QED) is 0.437. The maximum Gasteiger partial charge on any atom is -0.0485 e. The van der Waals surface area contributed by atoms with E-state index in [2.05, 4.69) is 0 Å². The number of hydrogen-bond acceptors (Lipinski definition) is 1. The molecule has 35 valence electrons. The van der Waals surface area contributed by atoms with Crippen LogP contribution in [0.4, 0.5) is 0 Å². The summed E-state index contributed by atoms with van der Waals surface area (Å²) < 4.78 is 0. The first-order valence-electron chi connectivity index (χ1n) is 2.30. The highest BCUT2D eigenvalue weighted by Gasteiger charge is 1.66. The van der Waals surface area contributed by atoms with Crippen molar-refractivity contribution in [3.63, 3.8) is 0 Å². The van der Waals surface area contributed by atoms with E-state index in [0.29, 0.717) is 0 Å². The van der Waals surface area contributed by atoms with Crippen LogP contribution in [0.5, 0.6) is 0 Å². The number of nitrogens with zero attached hydrogens (tertiary/aromatic N) is 1. The lowest BCUT2D eigenvalue weighted by Gasteiger charge is -2.27. The molecule has 2 heteroatoms. The van der Waals surface area contributed by atoms with Crippen molar-refractivity contribution in [2.24, 2.45) is 0 Å². The van der Waals surface area contributed by atoms with Crippen LogP contribution >= 0.6 is 0 Å². The fraction of sp³-hybridized carbons (Fsp3) is 1.00. The zero-order valence-electron chi connectivity index (χ0n) is 4.44. The summed E-state index contributed by atoms with van der Waals surface area (Å²) in [4.78, 5) is 1.75. The van der Waals surface area contributed by atoms with Crippen LogP contribution < -0.4 is 0 Å². The van der Waals surface area contributed by atoms with Crippen molar-refractivity contribution in [1.82, 2.24) is 4.81 Å². The molecule has 0 saturated heterocycles. The Kier molecular flexibility index (Phi) is 3.24. The van der Waals surface area contributed by atoms with Crippen LogP contribution in [0.15, 0.2) is 0 Å². The smallest absolute Gasteiger partial charge is 0.0485 e. The molecule has 6 heavy (non-hydrogen) atoms. The lowest BCUT2D eigenvalue weighted by atomic mass is 10.3. The van der Waals surface area contributed by atoms with E-state index in [1.165, 1.54) is 0 Å². The van der Waals surface area contributed by atoms with Crippen LogP contribution in [-0.4, -0.2) is 25.9 Å². The van der Waals surface area contributed by atoms with E-state index in [-0.39, 0.29) is 0 Å². The predicted molar refractivity (Wildman–Crippen MR) is 28.7 cm³/mol. The van der Waals surface area contributed by atoms with Gasteiger partial charge in [-0.3, -0.25) is 0 Å². The molecule has 3 radical (unpaired) electrons. The van der Waals surface area contributed by atoms with Crippen LogP contribution in [0.2, 0.25) is 0 Å². The summed E-state index contributed by atoms with van der Waals surface area (Å²) in [6.45, 7) is 5.94. The zero-order valence-corrected chi connectivity index (χ0v) is 4.44. The van der Waals surface area contributed by atoms with Crippen molar-refractivity contribution in [1.29, 1.82) is 0 Å². The molecule has 0 rings (SSSR count). The average Bonchev–Trinajstić information content (AvgIpc) is 1.65. The third-order valence-electron chi connectivity index (χ3n) is 0.812. The van der Waals surface area contributed by atoms with Gasteiger partial charge in [0, 0.05) is 0 Å². The summed E-state index contributed by atoms with van der Waals surface area (Å²) in [5, 5.41) is 0. The van der Waals surface area contributed by atoms with Gasteiger partial charge in [-0.25, -0.2) is 0 Å². The van der Waals surface area contributed by atoms with E-state index in [4.69, 9.17) is 7.98 Å². The van der Waals surface area contributed by atoms with Gasteiger partial charge in [-0.05, 0) is 13.1 Å².